The van der Waals surface area contributed by atoms with Gasteiger partial charge < -0.3 is 40.3 Å². The minimum atomic E-state index is -1.57. The number of hydrogen-bond donors (Lipinski definition) is 6. The molecule has 0 aromatic rings. The summed E-state index contributed by atoms with van der Waals surface area (Å²) in [5.74, 6) is -0.178. The van der Waals surface area contributed by atoms with Gasteiger partial charge in [0.05, 0.1) is 25.4 Å². The zero-order chi connectivity index (χ0) is 59.3. The maximum absolute atomic E-state index is 13.1. The van der Waals surface area contributed by atoms with Crippen molar-refractivity contribution in [3.63, 3.8) is 0 Å². The number of carbonyl (C=O) groups is 1. The predicted octanol–water partition coefficient (Wildman–Crippen LogP) is 18.7. The molecule has 7 atom stereocenters. The summed E-state index contributed by atoms with van der Waals surface area (Å²) in [6.07, 6.45) is 82.1. The molecule has 1 aliphatic heterocycles. The molecule has 1 heterocycles. The van der Waals surface area contributed by atoms with Crippen LogP contribution in [0.3, 0.4) is 0 Å². The van der Waals surface area contributed by atoms with Crippen molar-refractivity contribution in [1.82, 2.24) is 5.32 Å². The summed E-state index contributed by atoms with van der Waals surface area (Å²) in [5, 5.41) is 54.8. The number of amides is 1. The monoisotopic (exact) mass is 1150 g/mol. The lowest BCUT2D eigenvalue weighted by molar-refractivity contribution is -0.302. The Bertz CT molecular complexity index is 1620. The number of aliphatic hydroxyl groups is 5. The van der Waals surface area contributed by atoms with Crippen LogP contribution in [0.1, 0.15) is 303 Å². The second kappa shape index (κ2) is 61.2. The molecule has 9 nitrogen and oxygen atoms in total. The van der Waals surface area contributed by atoms with Gasteiger partial charge in [-0.05, 0) is 77.0 Å². The van der Waals surface area contributed by atoms with E-state index in [-0.39, 0.29) is 12.5 Å². The quantitative estimate of drug-likeness (QED) is 0.0261. The average Bonchev–Trinajstić information content (AvgIpc) is 3.52. The van der Waals surface area contributed by atoms with Crippen LogP contribution in [-0.2, 0) is 14.3 Å². The van der Waals surface area contributed by atoms with Crippen LogP contribution in [0.2, 0.25) is 0 Å². The molecular weight excluding hydrogens is 1020 g/mol. The fourth-order valence-electron chi connectivity index (χ4n) is 10.6. The third-order valence-corrected chi connectivity index (χ3v) is 15.9. The van der Waals surface area contributed by atoms with E-state index >= 15 is 0 Å². The Morgan fingerprint density at radius 1 is 0.427 bits per heavy atom. The van der Waals surface area contributed by atoms with Gasteiger partial charge in [0.1, 0.15) is 24.4 Å². The molecule has 0 bridgehead atoms. The minimum absolute atomic E-state index is 0.178. The Kier molecular flexibility index (Phi) is 57.6. The normalized spacial score (nSPS) is 18.9. The molecule has 1 fully saturated rings. The molecule has 0 aromatic carbocycles. The van der Waals surface area contributed by atoms with Crippen LogP contribution in [0.5, 0.6) is 0 Å². The van der Waals surface area contributed by atoms with Crippen LogP contribution in [0.15, 0.2) is 97.2 Å². The number of rotatable bonds is 59. The maximum atomic E-state index is 13.1. The van der Waals surface area contributed by atoms with Crippen LogP contribution in [0.4, 0.5) is 0 Å². The first-order valence-electron chi connectivity index (χ1n) is 34.5. The van der Waals surface area contributed by atoms with Crippen molar-refractivity contribution < 1.29 is 39.8 Å². The minimum Gasteiger partial charge on any atom is -0.394 e. The molecule has 1 rings (SSSR count). The fraction of sp³-hybridized carbons (Fsp3) is 0.767. The fourth-order valence-corrected chi connectivity index (χ4v) is 10.6. The van der Waals surface area contributed by atoms with E-state index < -0.39 is 49.5 Å². The first-order valence-corrected chi connectivity index (χ1v) is 34.5. The summed E-state index contributed by atoms with van der Waals surface area (Å²) in [6.45, 7) is 3.69. The van der Waals surface area contributed by atoms with Gasteiger partial charge in [-0.25, -0.2) is 0 Å². The Hall–Kier alpha value is -2.89. The van der Waals surface area contributed by atoms with E-state index in [9.17, 15) is 30.3 Å². The van der Waals surface area contributed by atoms with Crippen LogP contribution < -0.4 is 5.32 Å². The van der Waals surface area contributed by atoms with Gasteiger partial charge in [-0.2, -0.15) is 0 Å². The van der Waals surface area contributed by atoms with Crippen molar-refractivity contribution in [2.75, 3.05) is 13.2 Å². The van der Waals surface area contributed by atoms with E-state index in [1.807, 2.05) is 6.08 Å². The van der Waals surface area contributed by atoms with Crippen molar-refractivity contribution in [2.45, 2.75) is 346 Å². The van der Waals surface area contributed by atoms with Gasteiger partial charge in [0, 0.05) is 6.42 Å². The van der Waals surface area contributed by atoms with E-state index in [1.54, 1.807) is 6.08 Å². The van der Waals surface area contributed by atoms with Crippen molar-refractivity contribution in [2.24, 2.45) is 0 Å². The zero-order valence-corrected chi connectivity index (χ0v) is 53.0. The second-order valence-electron chi connectivity index (χ2n) is 23.6. The van der Waals surface area contributed by atoms with Gasteiger partial charge in [0.25, 0.3) is 0 Å². The molecular formula is C73H129NO8. The number of carbonyl (C=O) groups excluding carboxylic acids is 1. The number of hydrogen-bond acceptors (Lipinski definition) is 8. The molecule has 0 aliphatic carbocycles. The van der Waals surface area contributed by atoms with Crippen LogP contribution in [0, 0.1) is 0 Å². The third kappa shape index (κ3) is 49.4. The van der Waals surface area contributed by atoms with E-state index in [0.717, 1.165) is 83.5 Å². The molecule has 0 radical (unpaired) electrons. The lowest BCUT2D eigenvalue weighted by Crippen LogP contribution is -2.60. The summed E-state index contributed by atoms with van der Waals surface area (Å²) in [4.78, 5) is 13.1. The van der Waals surface area contributed by atoms with Crippen molar-refractivity contribution in [3.8, 4) is 0 Å². The summed E-state index contributed by atoms with van der Waals surface area (Å²) >= 11 is 0. The highest BCUT2D eigenvalue weighted by Crippen LogP contribution is 2.23. The molecule has 474 valence electrons. The number of aliphatic hydroxyl groups excluding tert-OH is 5. The number of allylic oxidation sites excluding steroid dienone is 15. The first-order chi connectivity index (χ1) is 40.3. The lowest BCUT2D eigenvalue weighted by Gasteiger charge is -2.40. The molecule has 1 aliphatic rings. The van der Waals surface area contributed by atoms with E-state index in [0.29, 0.717) is 6.42 Å². The number of ether oxygens (including phenoxy) is 2. The Labute approximate surface area is 504 Å². The summed E-state index contributed by atoms with van der Waals surface area (Å²) in [7, 11) is 0. The van der Waals surface area contributed by atoms with E-state index in [4.69, 9.17) is 9.47 Å². The van der Waals surface area contributed by atoms with Gasteiger partial charge in [-0.1, -0.05) is 317 Å². The molecule has 6 N–H and O–H groups in total. The largest absolute Gasteiger partial charge is 0.394 e. The van der Waals surface area contributed by atoms with Gasteiger partial charge >= 0.3 is 0 Å². The SMILES string of the molecule is CC/C=C\C/C=C\C/C=C\C/C=C\C/C=C\C/C=C\C/C=C\CCCCCCCCCCCCCCCC(=O)NC(COC1OC(CO)C(O)C(O)C1O)C(O)/C=C/CCCCCCCCCCCCCCCCCCCCCCCC. The van der Waals surface area contributed by atoms with Crippen molar-refractivity contribution >= 4 is 5.91 Å². The van der Waals surface area contributed by atoms with Gasteiger partial charge in [0.15, 0.2) is 6.29 Å². The van der Waals surface area contributed by atoms with Crippen molar-refractivity contribution in [1.29, 1.82) is 0 Å². The van der Waals surface area contributed by atoms with Gasteiger partial charge in [-0.15, -0.1) is 0 Å². The molecule has 1 amide bonds. The summed E-state index contributed by atoms with van der Waals surface area (Å²) in [6, 6.07) is -0.812. The Morgan fingerprint density at radius 2 is 0.756 bits per heavy atom. The smallest absolute Gasteiger partial charge is 0.220 e. The topological polar surface area (TPSA) is 149 Å². The molecule has 0 spiro atoms. The van der Waals surface area contributed by atoms with E-state index in [1.165, 1.54) is 199 Å². The van der Waals surface area contributed by atoms with Crippen LogP contribution >= 0.6 is 0 Å². The predicted molar refractivity (Wildman–Crippen MR) is 350 cm³/mol. The highest BCUT2D eigenvalue weighted by Gasteiger charge is 2.44. The highest BCUT2D eigenvalue weighted by atomic mass is 16.7. The van der Waals surface area contributed by atoms with Crippen molar-refractivity contribution in [3.05, 3.63) is 97.2 Å². The first kappa shape index (κ1) is 77.1. The Morgan fingerprint density at radius 3 is 1.12 bits per heavy atom. The standard InChI is InChI=1S/C73H129NO8/c1-3-5-7-9-11-13-15-17-19-21-23-25-27-29-30-31-32-33-34-35-36-37-38-39-41-43-45-47-49-51-53-55-57-59-61-63-69(77)74-66(65-81-73-72(80)71(79)70(78)68(64-75)82-73)67(76)62-60-58-56-54-52-50-48-46-44-42-40-28-26-24-22-20-18-16-14-12-10-8-6-4-2/h5,7,11,13,17,19,23,25,29-30,32-33,35-36,60,62,66-68,70-73,75-76,78-80H,3-4,6,8-10,12,14-16,18,20-22,24,26-28,31,34,37-59,61,63-65H2,1-2H3,(H,74,77)/b7-5-,13-11-,19-17-,25-23-,30-29-,33-32-,36-35-,62-60+. The third-order valence-electron chi connectivity index (χ3n) is 15.9. The molecule has 1 saturated heterocycles. The van der Waals surface area contributed by atoms with Gasteiger partial charge in [-0.3, -0.25) is 4.79 Å². The lowest BCUT2D eigenvalue weighted by atomic mass is 9.99. The van der Waals surface area contributed by atoms with Crippen LogP contribution in [0.25, 0.3) is 0 Å². The molecule has 9 heteroatoms. The molecule has 82 heavy (non-hydrogen) atoms. The Balaban J connectivity index is 2.15. The number of nitrogens with one attached hydrogen (secondary N) is 1. The van der Waals surface area contributed by atoms with E-state index in [2.05, 4.69) is 104 Å². The van der Waals surface area contributed by atoms with Gasteiger partial charge in [0.2, 0.25) is 5.91 Å². The zero-order valence-electron chi connectivity index (χ0n) is 53.0. The molecule has 0 saturated carbocycles. The summed E-state index contributed by atoms with van der Waals surface area (Å²) < 4.78 is 11.3. The average molecular weight is 1150 g/mol. The number of unbranched alkanes of at least 4 members (excludes halogenated alkanes) is 35. The highest BCUT2D eigenvalue weighted by molar-refractivity contribution is 5.76. The summed E-state index contributed by atoms with van der Waals surface area (Å²) in [5.41, 5.74) is 0. The van der Waals surface area contributed by atoms with Crippen LogP contribution in [-0.4, -0.2) is 87.5 Å². The second-order valence-corrected chi connectivity index (χ2v) is 23.6. The molecule has 0 aromatic heterocycles. The molecule has 7 unspecified atom stereocenters. The maximum Gasteiger partial charge on any atom is 0.220 e.